The van der Waals surface area contributed by atoms with Gasteiger partial charge in [0.05, 0.1) is 19.7 Å². The molecule has 3 rings (SSSR count). The van der Waals surface area contributed by atoms with Crippen LogP contribution in [0.15, 0.2) is 29.4 Å². The molecule has 0 amide bonds. The molecule has 1 aromatic carbocycles. The minimum Gasteiger partial charge on any atom is -0.370 e. The Kier molecular flexibility index (Phi) is 8.75. The van der Waals surface area contributed by atoms with Gasteiger partial charge in [-0.05, 0) is 31.9 Å². The summed E-state index contributed by atoms with van der Waals surface area (Å²) in [5.41, 5.74) is 2.64. The molecule has 0 spiro atoms. The monoisotopic (exact) mass is 551 g/mol. The summed E-state index contributed by atoms with van der Waals surface area (Å²) in [6.45, 7) is 8.27. The van der Waals surface area contributed by atoms with Crippen molar-refractivity contribution in [3.05, 3.63) is 52.3 Å². The zero-order valence-corrected chi connectivity index (χ0v) is 20.5. The Labute approximate surface area is 197 Å². The van der Waals surface area contributed by atoms with Crippen LogP contribution in [-0.2, 0) is 24.5 Å². The quantitative estimate of drug-likeness (QED) is 0.352. The largest absolute Gasteiger partial charge is 0.435 e. The summed E-state index contributed by atoms with van der Waals surface area (Å²) in [5, 5.41) is 6.75. The van der Waals surface area contributed by atoms with Crippen molar-refractivity contribution in [1.82, 2.24) is 20.0 Å². The van der Waals surface area contributed by atoms with E-state index in [9.17, 15) is 13.2 Å². The molecule has 0 aliphatic carbocycles. The first kappa shape index (κ1) is 25.4. The fraction of sp³-hybridized carbons (Fsp3) is 0.524. The van der Waals surface area contributed by atoms with Crippen LogP contribution in [0.25, 0.3) is 0 Å². The van der Waals surface area contributed by atoms with E-state index < -0.39 is 11.9 Å². The second kappa shape index (κ2) is 10.7. The summed E-state index contributed by atoms with van der Waals surface area (Å²) in [4.78, 5) is 6.52. The van der Waals surface area contributed by atoms with Crippen LogP contribution in [0.5, 0.6) is 0 Å². The fourth-order valence-electron chi connectivity index (χ4n) is 3.69. The van der Waals surface area contributed by atoms with Gasteiger partial charge in [0.25, 0.3) is 0 Å². The van der Waals surface area contributed by atoms with Gasteiger partial charge in [0.2, 0.25) is 0 Å². The van der Waals surface area contributed by atoms with Crippen LogP contribution in [0.3, 0.4) is 0 Å². The number of guanidine groups is 1. The number of morpholine rings is 1. The number of aromatic nitrogens is 2. The summed E-state index contributed by atoms with van der Waals surface area (Å²) >= 11 is 0. The van der Waals surface area contributed by atoms with Crippen LogP contribution in [-0.4, -0.2) is 46.9 Å². The van der Waals surface area contributed by atoms with Gasteiger partial charge in [0, 0.05) is 31.9 Å². The lowest BCUT2D eigenvalue weighted by Gasteiger charge is -2.36. The van der Waals surface area contributed by atoms with Crippen molar-refractivity contribution in [1.29, 1.82) is 0 Å². The predicted molar refractivity (Wildman–Crippen MR) is 125 cm³/mol. The number of benzene rings is 1. The molecule has 1 aliphatic rings. The van der Waals surface area contributed by atoms with Crippen molar-refractivity contribution in [3.8, 4) is 0 Å². The molecule has 0 radical (unpaired) electrons. The van der Waals surface area contributed by atoms with Crippen molar-refractivity contribution < 1.29 is 17.9 Å². The van der Waals surface area contributed by atoms with Crippen LogP contribution in [0.2, 0.25) is 0 Å². The highest BCUT2D eigenvalue weighted by molar-refractivity contribution is 14.0. The molecule has 1 saturated heterocycles. The highest BCUT2D eigenvalue weighted by atomic mass is 127. The Morgan fingerprint density at radius 1 is 1.32 bits per heavy atom. The number of nitrogens with zero attached hydrogens (tertiary/aromatic N) is 4. The zero-order valence-electron chi connectivity index (χ0n) is 18.2. The first-order valence-corrected chi connectivity index (χ1v) is 10.0. The summed E-state index contributed by atoms with van der Waals surface area (Å²) in [6.07, 6.45) is -3.25. The van der Waals surface area contributed by atoms with Gasteiger partial charge < -0.3 is 15.0 Å². The van der Waals surface area contributed by atoms with Gasteiger partial charge >= 0.3 is 6.18 Å². The van der Waals surface area contributed by atoms with E-state index in [1.165, 1.54) is 23.5 Å². The maximum absolute atomic E-state index is 13.2. The molecule has 2 aromatic rings. The Bertz CT molecular complexity index is 913. The molecule has 1 unspecified atom stereocenters. The molecular formula is C21H29F3IN5O. The summed E-state index contributed by atoms with van der Waals surface area (Å²) in [5.74, 6) is 0.576. The Balaban J connectivity index is 0.00000341. The average molecular weight is 551 g/mol. The molecule has 31 heavy (non-hydrogen) atoms. The lowest BCUT2D eigenvalue weighted by atomic mass is 10.00. The van der Waals surface area contributed by atoms with Crippen molar-refractivity contribution in [2.75, 3.05) is 26.2 Å². The molecule has 1 aliphatic heterocycles. The van der Waals surface area contributed by atoms with Crippen LogP contribution in [0.4, 0.5) is 13.2 Å². The maximum Gasteiger partial charge on any atom is 0.435 e. The number of nitrogens with one attached hydrogen (secondary N) is 1. The molecular weight excluding hydrogens is 522 g/mol. The number of alkyl halides is 3. The zero-order chi connectivity index (χ0) is 21.9. The number of ether oxygens (including phenoxy) is 1. The lowest BCUT2D eigenvalue weighted by molar-refractivity contribution is -0.142. The SMILES string of the molecule is CCNC(=NCc1cn(C)nc1C(F)(F)F)N1CCOC(c2ccc(C)cc2C)C1.I. The minimum absolute atomic E-state index is 0. The number of rotatable bonds is 4. The molecule has 1 atom stereocenters. The minimum atomic E-state index is -4.50. The topological polar surface area (TPSA) is 54.7 Å². The number of halogens is 4. The van der Waals surface area contributed by atoms with Crippen LogP contribution < -0.4 is 5.32 Å². The van der Waals surface area contributed by atoms with E-state index in [-0.39, 0.29) is 42.2 Å². The van der Waals surface area contributed by atoms with Gasteiger partial charge in [-0.1, -0.05) is 23.8 Å². The molecule has 172 valence electrons. The molecule has 1 N–H and O–H groups in total. The van der Waals surface area contributed by atoms with E-state index in [0.29, 0.717) is 32.2 Å². The average Bonchev–Trinajstić information content (AvgIpc) is 3.06. The van der Waals surface area contributed by atoms with Gasteiger partial charge in [-0.25, -0.2) is 4.99 Å². The van der Waals surface area contributed by atoms with Gasteiger partial charge in [0.15, 0.2) is 11.7 Å². The molecule has 0 saturated carbocycles. The van der Waals surface area contributed by atoms with E-state index in [0.717, 1.165) is 11.1 Å². The molecule has 10 heteroatoms. The maximum atomic E-state index is 13.2. The van der Waals surface area contributed by atoms with Gasteiger partial charge in [-0.3, -0.25) is 4.68 Å². The number of hydrogen-bond acceptors (Lipinski definition) is 3. The van der Waals surface area contributed by atoms with Gasteiger partial charge in [-0.2, -0.15) is 18.3 Å². The van der Waals surface area contributed by atoms with Crippen LogP contribution in [0.1, 0.15) is 41.0 Å². The van der Waals surface area contributed by atoms with E-state index in [1.54, 1.807) is 0 Å². The molecule has 1 aromatic heterocycles. The highest BCUT2D eigenvalue weighted by Crippen LogP contribution is 2.31. The summed E-state index contributed by atoms with van der Waals surface area (Å²) in [6, 6.07) is 6.26. The highest BCUT2D eigenvalue weighted by Gasteiger charge is 2.37. The van der Waals surface area contributed by atoms with Crippen molar-refractivity contribution in [2.45, 2.75) is 39.6 Å². The predicted octanol–water partition coefficient (Wildman–Crippen LogP) is 4.21. The van der Waals surface area contributed by atoms with Crippen LogP contribution >= 0.6 is 24.0 Å². The normalized spacial score (nSPS) is 17.5. The van der Waals surface area contributed by atoms with Crippen molar-refractivity contribution in [2.24, 2.45) is 12.0 Å². The van der Waals surface area contributed by atoms with E-state index in [4.69, 9.17) is 4.74 Å². The Hall–Kier alpha value is -1.82. The first-order valence-electron chi connectivity index (χ1n) is 10.0. The van der Waals surface area contributed by atoms with Crippen molar-refractivity contribution >= 4 is 29.9 Å². The standard InChI is InChI=1S/C21H28F3N5O.HI/c1-5-25-20(26-11-16-12-28(4)27-19(16)21(22,23)24)29-8-9-30-18(13-29)17-7-6-14(2)10-15(17)3;/h6-7,10,12,18H,5,8-9,11,13H2,1-4H3,(H,25,26);1H. The van der Waals surface area contributed by atoms with Crippen molar-refractivity contribution in [3.63, 3.8) is 0 Å². The third kappa shape index (κ3) is 6.34. The summed E-state index contributed by atoms with van der Waals surface area (Å²) in [7, 11) is 1.48. The second-order valence-electron chi connectivity index (χ2n) is 7.51. The van der Waals surface area contributed by atoms with Gasteiger partial charge in [-0.15, -0.1) is 24.0 Å². The molecule has 1 fully saturated rings. The van der Waals surface area contributed by atoms with Crippen LogP contribution in [0, 0.1) is 13.8 Å². The van der Waals surface area contributed by atoms with E-state index in [2.05, 4.69) is 40.5 Å². The van der Waals surface area contributed by atoms with E-state index in [1.807, 2.05) is 18.7 Å². The fourth-order valence-corrected chi connectivity index (χ4v) is 3.69. The molecule has 0 bridgehead atoms. The number of aliphatic imine (C=N–C) groups is 1. The smallest absolute Gasteiger partial charge is 0.370 e. The van der Waals surface area contributed by atoms with E-state index >= 15 is 0 Å². The summed E-state index contributed by atoms with van der Waals surface area (Å²) < 4.78 is 46.8. The number of hydrogen-bond donors (Lipinski definition) is 1. The third-order valence-corrected chi connectivity index (χ3v) is 5.05. The molecule has 6 nitrogen and oxygen atoms in total. The second-order valence-corrected chi connectivity index (χ2v) is 7.51. The Morgan fingerprint density at radius 2 is 2.06 bits per heavy atom. The molecule has 2 heterocycles. The first-order chi connectivity index (χ1) is 14.2. The Morgan fingerprint density at radius 3 is 2.71 bits per heavy atom. The third-order valence-electron chi connectivity index (χ3n) is 5.05. The lowest BCUT2D eigenvalue weighted by Crippen LogP contribution is -2.48. The number of aryl methyl sites for hydroxylation is 3. The van der Waals surface area contributed by atoms with Gasteiger partial charge in [0.1, 0.15) is 6.10 Å².